The normalized spacial score (nSPS) is 13.3. The lowest BCUT2D eigenvalue weighted by molar-refractivity contribution is -0.140. The van der Waals surface area contributed by atoms with E-state index >= 15 is 0 Å². The molecule has 0 saturated carbocycles. The van der Waals surface area contributed by atoms with Gasteiger partial charge in [0.2, 0.25) is 5.95 Å². The van der Waals surface area contributed by atoms with Crippen molar-refractivity contribution in [1.82, 2.24) is 15.3 Å². The van der Waals surface area contributed by atoms with Crippen molar-refractivity contribution in [3.05, 3.63) is 29.8 Å². The molecule has 0 bridgehead atoms. The number of carboxylic acids is 2. The Morgan fingerprint density at radius 2 is 1.88 bits per heavy atom. The van der Waals surface area contributed by atoms with Crippen molar-refractivity contribution in [2.75, 3.05) is 48.4 Å². The van der Waals surface area contributed by atoms with Gasteiger partial charge in [-0.2, -0.15) is 9.97 Å². The Kier molecular flexibility index (Phi) is 7.58. The summed E-state index contributed by atoms with van der Waals surface area (Å²) in [6, 6.07) is 5.72. The van der Waals surface area contributed by atoms with Gasteiger partial charge in [0.15, 0.2) is 17.4 Å². The largest absolute Gasteiger partial charge is 0.481 e. The molecule has 34 heavy (non-hydrogen) atoms. The Morgan fingerprint density at radius 1 is 1.18 bits per heavy atom. The number of fused-ring (bicyclic) bond motifs is 1. The predicted molar refractivity (Wildman–Crippen MR) is 127 cm³/mol. The van der Waals surface area contributed by atoms with E-state index in [0.717, 1.165) is 11.4 Å². The van der Waals surface area contributed by atoms with Crippen molar-refractivity contribution in [3.8, 4) is 0 Å². The minimum Gasteiger partial charge on any atom is -0.481 e. The van der Waals surface area contributed by atoms with Crippen LogP contribution < -0.4 is 27.0 Å². The maximum Gasteiger partial charge on any atom is 0.320 e. The number of aliphatic carboxylic acids is 2. The van der Waals surface area contributed by atoms with Crippen LogP contribution in [0.4, 0.5) is 29.0 Å². The van der Waals surface area contributed by atoms with Crippen LogP contribution in [0.3, 0.4) is 0 Å². The van der Waals surface area contributed by atoms with Crippen LogP contribution in [0.5, 0.6) is 0 Å². The number of aliphatic imine (C=N–C) groups is 1. The average molecular weight is 470 g/mol. The van der Waals surface area contributed by atoms with Crippen molar-refractivity contribution in [2.45, 2.75) is 18.9 Å². The van der Waals surface area contributed by atoms with Gasteiger partial charge in [-0.05, 0) is 30.7 Å². The van der Waals surface area contributed by atoms with E-state index in [9.17, 15) is 19.5 Å². The summed E-state index contributed by atoms with van der Waals surface area (Å²) in [6.07, 6.45) is -0.421. The molecule has 2 heterocycles. The van der Waals surface area contributed by atoms with E-state index in [2.05, 4.69) is 25.6 Å². The van der Waals surface area contributed by atoms with Gasteiger partial charge in [0.25, 0.3) is 0 Å². The van der Waals surface area contributed by atoms with Gasteiger partial charge in [0.05, 0.1) is 25.3 Å². The van der Waals surface area contributed by atoms with E-state index in [0.29, 0.717) is 30.2 Å². The zero-order chi connectivity index (χ0) is 24.8. The Labute approximate surface area is 194 Å². The fourth-order valence-electron chi connectivity index (χ4n) is 3.36. The van der Waals surface area contributed by atoms with E-state index in [-0.39, 0.29) is 36.9 Å². The third-order valence-corrected chi connectivity index (χ3v) is 5.16. The molecule has 0 spiro atoms. The number of ketones is 1. The summed E-state index contributed by atoms with van der Waals surface area (Å²) in [4.78, 5) is 48.8. The van der Waals surface area contributed by atoms with Gasteiger partial charge in [-0.25, -0.2) is 4.99 Å². The maximum absolute atomic E-state index is 12.4. The molecule has 0 amide bonds. The first kappa shape index (κ1) is 24.4. The lowest BCUT2D eigenvalue weighted by Crippen LogP contribution is -2.40. The number of carbonyl (C=O) groups is 3. The smallest absolute Gasteiger partial charge is 0.320 e. The number of anilines is 4. The second-order valence-corrected chi connectivity index (χ2v) is 7.73. The predicted octanol–water partition coefficient (Wildman–Crippen LogP) is 0.366. The third-order valence-electron chi connectivity index (χ3n) is 5.16. The van der Waals surface area contributed by atoms with Crippen LogP contribution in [0, 0.1) is 0 Å². The number of nitrogens with one attached hydrogen (secondary N) is 2. The molecule has 180 valence electrons. The van der Waals surface area contributed by atoms with E-state index in [1.165, 1.54) is 0 Å². The van der Waals surface area contributed by atoms with E-state index in [4.69, 9.17) is 16.6 Å². The monoisotopic (exact) mass is 470 g/mol. The fourth-order valence-corrected chi connectivity index (χ4v) is 3.36. The summed E-state index contributed by atoms with van der Waals surface area (Å²) >= 11 is 0. The topological polar surface area (TPSA) is 209 Å². The molecule has 2 aromatic rings. The van der Waals surface area contributed by atoms with Gasteiger partial charge in [-0.3, -0.25) is 19.7 Å². The quantitative estimate of drug-likeness (QED) is 0.246. The summed E-state index contributed by atoms with van der Waals surface area (Å²) in [5.74, 6) is -1.85. The van der Waals surface area contributed by atoms with Crippen molar-refractivity contribution in [3.63, 3.8) is 0 Å². The molecule has 0 saturated heterocycles. The number of hydrogen-bond donors (Lipinski definition) is 6. The van der Waals surface area contributed by atoms with Gasteiger partial charge >= 0.3 is 11.9 Å². The van der Waals surface area contributed by atoms with E-state index < -0.39 is 18.0 Å². The van der Waals surface area contributed by atoms with Crippen LogP contribution in [0.15, 0.2) is 29.3 Å². The number of nitrogen functional groups attached to an aromatic ring is 2. The zero-order valence-corrected chi connectivity index (χ0v) is 18.5. The first-order chi connectivity index (χ1) is 16.1. The van der Waals surface area contributed by atoms with E-state index in [1.54, 1.807) is 24.3 Å². The lowest BCUT2D eigenvalue weighted by atomic mass is 10.1. The van der Waals surface area contributed by atoms with Gasteiger partial charge in [0.1, 0.15) is 11.7 Å². The van der Waals surface area contributed by atoms with Crippen LogP contribution in [0.2, 0.25) is 0 Å². The number of aromatic nitrogens is 2. The second kappa shape index (κ2) is 10.6. The molecule has 0 aliphatic carbocycles. The van der Waals surface area contributed by atoms with Crippen molar-refractivity contribution in [1.29, 1.82) is 0 Å². The number of Topliss-reactive ketones (excluding diaryl/α,β-unsaturated/α-hetero) is 1. The minimum absolute atomic E-state index is 0.0723. The first-order valence-corrected chi connectivity index (χ1v) is 10.4. The molecular weight excluding hydrogens is 444 g/mol. The minimum atomic E-state index is -1.20. The Bertz CT molecular complexity index is 1120. The molecule has 0 fully saturated rings. The number of nitrogens with two attached hydrogens (primary N) is 2. The van der Waals surface area contributed by atoms with Gasteiger partial charge in [-0.15, -0.1) is 0 Å². The summed E-state index contributed by atoms with van der Waals surface area (Å²) in [6.45, 7) is 0.721. The van der Waals surface area contributed by atoms with Crippen LogP contribution >= 0.6 is 0 Å². The Hall–Kier alpha value is -4.26. The molecule has 1 aromatic carbocycles. The SMILES string of the molecule is CN(CC1=Nc2c(N)nc(N)nc2NC1)c1ccc(C(=O)CNC(CCC(=O)O)C(=O)O)cc1. The number of nitrogens with zero attached hydrogens (tertiary/aromatic N) is 4. The standard InChI is InChI=1S/C21H26N8O5/c1-29(10-12-8-25-19-17(26-12)18(22)27-21(23)28-19)13-4-2-11(3-5-13)15(30)9-24-14(20(33)34)6-7-16(31)32/h2-5,14,24H,6-10H2,1H3,(H,31,32)(H,33,34)(H5,22,23,25,27,28). The summed E-state index contributed by atoms with van der Waals surface area (Å²) in [5, 5.41) is 23.6. The highest BCUT2D eigenvalue weighted by Gasteiger charge is 2.20. The maximum atomic E-state index is 12.4. The average Bonchev–Trinajstić information content (AvgIpc) is 2.79. The molecule has 3 rings (SSSR count). The van der Waals surface area contributed by atoms with Crippen molar-refractivity contribution in [2.24, 2.45) is 4.99 Å². The molecule has 1 aliphatic heterocycles. The second-order valence-electron chi connectivity index (χ2n) is 7.73. The van der Waals surface area contributed by atoms with Crippen molar-refractivity contribution >= 4 is 52.4 Å². The number of rotatable bonds is 11. The van der Waals surface area contributed by atoms with Gasteiger partial charge < -0.3 is 31.9 Å². The van der Waals surface area contributed by atoms with Crippen LogP contribution in [-0.2, 0) is 9.59 Å². The molecular formula is C21H26N8O5. The number of benzene rings is 1. The molecule has 8 N–H and O–H groups in total. The van der Waals surface area contributed by atoms with Gasteiger partial charge in [0, 0.05) is 24.7 Å². The lowest BCUT2D eigenvalue weighted by Gasteiger charge is -2.24. The molecule has 1 unspecified atom stereocenters. The highest BCUT2D eigenvalue weighted by atomic mass is 16.4. The van der Waals surface area contributed by atoms with Gasteiger partial charge in [-0.1, -0.05) is 0 Å². The molecule has 1 atom stereocenters. The van der Waals surface area contributed by atoms with Crippen molar-refractivity contribution < 1.29 is 24.6 Å². The first-order valence-electron chi connectivity index (χ1n) is 10.4. The highest BCUT2D eigenvalue weighted by Crippen LogP contribution is 2.31. The molecule has 1 aromatic heterocycles. The molecule has 13 nitrogen and oxygen atoms in total. The van der Waals surface area contributed by atoms with E-state index in [1.807, 2.05) is 11.9 Å². The molecule has 13 heteroatoms. The highest BCUT2D eigenvalue weighted by molar-refractivity contribution is 6.00. The van der Waals surface area contributed by atoms with Crippen LogP contribution in [0.25, 0.3) is 0 Å². The summed E-state index contributed by atoms with van der Waals surface area (Å²) < 4.78 is 0. The zero-order valence-electron chi connectivity index (χ0n) is 18.5. The molecule has 0 radical (unpaired) electrons. The van der Waals surface area contributed by atoms with Crippen LogP contribution in [0.1, 0.15) is 23.2 Å². The molecule has 1 aliphatic rings. The Balaban J connectivity index is 1.59. The fraction of sp³-hybridized carbons (Fsp3) is 0.333. The number of carbonyl (C=O) groups excluding carboxylic acids is 1. The summed E-state index contributed by atoms with van der Waals surface area (Å²) in [7, 11) is 1.87. The number of hydrogen-bond acceptors (Lipinski definition) is 11. The third kappa shape index (κ3) is 6.16. The Morgan fingerprint density at radius 3 is 2.53 bits per heavy atom. The number of carboxylic acid groups (broad SMARTS) is 2. The van der Waals surface area contributed by atoms with Crippen LogP contribution in [-0.4, -0.2) is 76.3 Å². The summed E-state index contributed by atoms with van der Waals surface area (Å²) in [5.41, 5.74) is 14.0.